The number of carboxylic acids is 1. The first-order chi connectivity index (χ1) is 24.7. The van der Waals surface area contributed by atoms with Crippen molar-refractivity contribution in [2.24, 2.45) is 57.2 Å². The van der Waals surface area contributed by atoms with E-state index in [9.17, 15) is 23.1 Å². The monoisotopic (exact) mass is 746 g/mol. The lowest BCUT2D eigenvalue weighted by Gasteiger charge is -2.72. The topological polar surface area (TPSA) is 113 Å². The van der Waals surface area contributed by atoms with E-state index >= 15 is 0 Å². The summed E-state index contributed by atoms with van der Waals surface area (Å²) in [5, 5.41) is 16.8. The summed E-state index contributed by atoms with van der Waals surface area (Å²) >= 11 is 0. The molecule has 1 aromatic rings. The summed E-state index contributed by atoms with van der Waals surface area (Å²) in [4.78, 5) is 26.0. The molecular formula is C45H66N2O5S. The van der Waals surface area contributed by atoms with Gasteiger partial charge < -0.3 is 15.7 Å². The first kappa shape index (κ1) is 38.8. The Morgan fingerprint density at radius 1 is 0.887 bits per heavy atom. The van der Waals surface area contributed by atoms with Gasteiger partial charge in [0.05, 0.1) is 23.1 Å². The summed E-state index contributed by atoms with van der Waals surface area (Å²) in [5.41, 5.74) is 4.23. The van der Waals surface area contributed by atoms with Crippen LogP contribution in [0.3, 0.4) is 0 Å². The normalized spacial score (nSPS) is 41.6. The van der Waals surface area contributed by atoms with Gasteiger partial charge in [-0.15, -0.1) is 0 Å². The van der Waals surface area contributed by atoms with Crippen LogP contribution in [0.15, 0.2) is 42.5 Å². The highest BCUT2D eigenvalue weighted by molar-refractivity contribution is 7.91. The van der Waals surface area contributed by atoms with Gasteiger partial charge in [0.25, 0.3) is 0 Å². The lowest BCUT2D eigenvalue weighted by molar-refractivity contribution is -0.219. The molecule has 1 heterocycles. The molecule has 0 aromatic heterocycles. The Morgan fingerprint density at radius 2 is 1.58 bits per heavy atom. The van der Waals surface area contributed by atoms with Crippen LogP contribution < -0.4 is 10.6 Å². The molecule has 0 radical (unpaired) electrons. The Hall–Kier alpha value is -2.45. The first-order valence-corrected chi connectivity index (χ1v) is 22.5. The van der Waals surface area contributed by atoms with Crippen LogP contribution >= 0.6 is 0 Å². The molecule has 1 aromatic carbocycles. The van der Waals surface area contributed by atoms with Crippen molar-refractivity contribution in [2.75, 3.05) is 11.5 Å². The quantitative estimate of drug-likeness (QED) is 0.230. The van der Waals surface area contributed by atoms with Gasteiger partial charge in [-0.3, -0.25) is 4.79 Å². The van der Waals surface area contributed by atoms with Gasteiger partial charge in [0.1, 0.15) is 0 Å². The number of carbonyl (C=O) groups excluding carboxylic acids is 1. The molecule has 7 nitrogen and oxygen atoms in total. The number of nitrogens with one attached hydrogen (secondary N) is 2. The Balaban J connectivity index is 1.18. The van der Waals surface area contributed by atoms with Crippen molar-refractivity contribution >= 4 is 27.3 Å². The molecule has 292 valence electrons. The molecule has 4 saturated carbocycles. The van der Waals surface area contributed by atoms with Crippen molar-refractivity contribution in [2.45, 2.75) is 137 Å². The first-order valence-electron chi connectivity index (χ1n) is 20.7. The van der Waals surface area contributed by atoms with E-state index in [2.05, 4.69) is 78.7 Å². The summed E-state index contributed by atoms with van der Waals surface area (Å²) < 4.78 is 24.6. The number of rotatable bonds is 8. The Morgan fingerprint density at radius 3 is 2.19 bits per heavy atom. The average Bonchev–Trinajstić information content (AvgIpc) is 3.63. The third-order valence-corrected chi connectivity index (χ3v) is 18.8. The number of carbonyl (C=O) groups is 2. The lowest BCUT2D eigenvalue weighted by Crippen LogP contribution is -2.69. The fraction of sp³-hybridized carbons (Fsp3) is 0.733. The van der Waals surface area contributed by atoms with Crippen molar-refractivity contribution in [1.29, 1.82) is 0 Å². The predicted octanol–water partition coefficient (Wildman–Crippen LogP) is 8.71. The number of hydrogen-bond donors (Lipinski definition) is 3. The number of amides is 1. The van der Waals surface area contributed by atoms with E-state index in [1.807, 2.05) is 12.1 Å². The molecule has 2 unspecified atom stereocenters. The van der Waals surface area contributed by atoms with Crippen molar-refractivity contribution < 1.29 is 23.1 Å². The van der Waals surface area contributed by atoms with Gasteiger partial charge >= 0.3 is 5.97 Å². The number of benzene rings is 1. The third kappa shape index (κ3) is 6.01. The van der Waals surface area contributed by atoms with Gasteiger partial charge in [-0.25, -0.2) is 13.2 Å². The van der Waals surface area contributed by atoms with Crippen LogP contribution in [0.25, 0.3) is 5.57 Å². The molecule has 5 fully saturated rings. The van der Waals surface area contributed by atoms with Crippen molar-refractivity contribution in [3.05, 3.63) is 53.6 Å². The van der Waals surface area contributed by atoms with Gasteiger partial charge in [0.2, 0.25) is 5.91 Å². The maximum Gasteiger partial charge on any atom is 0.335 e. The zero-order valence-corrected chi connectivity index (χ0v) is 34.5. The van der Waals surface area contributed by atoms with E-state index in [4.69, 9.17) is 0 Å². The molecule has 5 aliphatic carbocycles. The van der Waals surface area contributed by atoms with Crippen molar-refractivity contribution in [3.8, 4) is 0 Å². The predicted molar refractivity (Wildman–Crippen MR) is 213 cm³/mol. The highest BCUT2D eigenvalue weighted by Gasteiger charge is 2.70. The standard InChI is InChI=1S/C45H66N2O5S/c1-27(2)32-16-22-45(47-39(48)38(28(3)4)46-31-19-25-53(51,52)26-31)24-23-43(8)34(37(32)45)14-15-36-42(7)20-17-33(29-10-12-30(13-11-29)40(49)50)41(5,6)35(42)18-21-44(36,43)9/h10-13,17,28,31-32,34-38,46H,1,14-16,18-26H2,2-9H3,(H,47,48)(H,49,50)/t31?,32-,34+,35-,36+,37+,38?,42-,43+,44+,45-/m0/s1. The molecule has 7 rings (SSSR count). The smallest absolute Gasteiger partial charge is 0.335 e. The number of carboxylic acid groups (broad SMARTS) is 1. The minimum absolute atomic E-state index is 0.0387. The van der Waals surface area contributed by atoms with Gasteiger partial charge in [0, 0.05) is 11.6 Å². The molecule has 0 bridgehead atoms. The minimum atomic E-state index is -3.05. The molecule has 8 heteroatoms. The fourth-order valence-electron chi connectivity index (χ4n) is 14.3. The summed E-state index contributed by atoms with van der Waals surface area (Å²) in [5.74, 6) is 1.83. The molecule has 53 heavy (non-hydrogen) atoms. The van der Waals surface area contributed by atoms with Gasteiger partial charge in [-0.2, -0.15) is 0 Å². The molecule has 11 atom stereocenters. The van der Waals surface area contributed by atoms with Crippen LogP contribution in [0, 0.1) is 57.2 Å². The van der Waals surface area contributed by atoms with Crippen LogP contribution in [0.1, 0.15) is 136 Å². The highest BCUT2D eigenvalue weighted by atomic mass is 32.2. The number of aromatic carboxylic acids is 1. The van der Waals surface area contributed by atoms with Crippen molar-refractivity contribution in [3.63, 3.8) is 0 Å². The Labute approximate surface area is 319 Å². The van der Waals surface area contributed by atoms with E-state index in [-0.39, 0.29) is 56.6 Å². The number of hydrogen-bond acceptors (Lipinski definition) is 5. The number of allylic oxidation sites excluding steroid dienone is 3. The number of fused-ring (bicyclic) bond motifs is 7. The van der Waals surface area contributed by atoms with E-state index in [1.54, 1.807) is 12.1 Å². The van der Waals surface area contributed by atoms with E-state index in [1.165, 1.54) is 36.8 Å². The average molecular weight is 747 g/mol. The van der Waals surface area contributed by atoms with E-state index in [0.717, 1.165) is 37.7 Å². The maximum absolute atomic E-state index is 14.4. The van der Waals surface area contributed by atoms with Crippen LogP contribution in [0.5, 0.6) is 0 Å². The van der Waals surface area contributed by atoms with Crippen LogP contribution in [-0.4, -0.2) is 54.5 Å². The lowest BCUT2D eigenvalue weighted by atomic mass is 9.33. The zero-order valence-electron chi connectivity index (χ0n) is 33.7. The maximum atomic E-state index is 14.4. The van der Waals surface area contributed by atoms with E-state index < -0.39 is 21.8 Å². The summed E-state index contributed by atoms with van der Waals surface area (Å²) in [6.07, 6.45) is 13.0. The summed E-state index contributed by atoms with van der Waals surface area (Å²) in [6, 6.07) is 6.90. The number of sulfone groups is 1. The van der Waals surface area contributed by atoms with Gasteiger partial charge in [-0.1, -0.05) is 78.8 Å². The highest BCUT2D eigenvalue weighted by Crippen LogP contribution is 2.76. The van der Waals surface area contributed by atoms with Crippen molar-refractivity contribution in [1.82, 2.24) is 10.6 Å². The Kier molecular flexibility index (Phi) is 9.57. The largest absolute Gasteiger partial charge is 0.478 e. The SMILES string of the molecule is C=C(C)[C@@H]1CC[C@]2(NC(=O)C(NC3CCS(=O)(=O)C3)C(C)C)CC[C@]3(C)[C@H](CC[C@@H]4[C@@]5(C)CC=C(c6ccc(C(=O)O)cc6)C(C)(C)[C@@H]5CC[C@]43C)[C@@H]12. The minimum Gasteiger partial charge on any atom is -0.478 e. The molecule has 6 aliphatic rings. The van der Waals surface area contributed by atoms with Crippen LogP contribution in [0.4, 0.5) is 0 Å². The molecule has 0 spiro atoms. The van der Waals surface area contributed by atoms with Crippen LogP contribution in [-0.2, 0) is 14.6 Å². The van der Waals surface area contributed by atoms with Gasteiger partial charge in [-0.05, 0) is 152 Å². The Bertz CT molecular complexity index is 1800. The molecule has 1 amide bonds. The second-order valence-corrected chi connectivity index (χ2v) is 22.5. The third-order valence-electron chi connectivity index (χ3n) is 17.1. The zero-order chi connectivity index (χ0) is 38.5. The van der Waals surface area contributed by atoms with Crippen LogP contribution in [0.2, 0.25) is 0 Å². The molecule has 3 N–H and O–H groups in total. The second-order valence-electron chi connectivity index (χ2n) is 20.2. The fourth-order valence-corrected chi connectivity index (χ4v) is 16.0. The second kappa shape index (κ2) is 13.1. The van der Waals surface area contributed by atoms with E-state index in [0.29, 0.717) is 41.6 Å². The molecular weight excluding hydrogens is 681 g/mol. The summed E-state index contributed by atoms with van der Waals surface area (Å²) in [7, 11) is -3.05. The molecule has 1 saturated heterocycles. The van der Waals surface area contributed by atoms with Gasteiger partial charge in [0.15, 0.2) is 9.84 Å². The molecule has 1 aliphatic heterocycles. The summed E-state index contributed by atoms with van der Waals surface area (Å²) in [6.45, 7) is 23.6.